The fourth-order valence-electron chi connectivity index (χ4n) is 2.89. The average molecular weight is 526 g/mol. The monoisotopic (exact) mass is 526 g/mol. The summed E-state index contributed by atoms with van der Waals surface area (Å²) in [6.07, 6.45) is 8.95. The van der Waals surface area contributed by atoms with Crippen molar-refractivity contribution in [2.24, 2.45) is 10.2 Å². The van der Waals surface area contributed by atoms with Crippen molar-refractivity contribution in [3.63, 3.8) is 0 Å². The van der Waals surface area contributed by atoms with Gasteiger partial charge in [0.1, 0.15) is 21.7 Å². The minimum absolute atomic E-state index is 0.178. The number of hydrogen-bond acceptors (Lipinski definition) is 12. The second-order valence-corrected chi connectivity index (χ2v) is 7.16. The molecule has 0 fully saturated rings. The van der Waals surface area contributed by atoms with Crippen LogP contribution in [0, 0.1) is 20.2 Å². The highest BCUT2D eigenvalue weighted by molar-refractivity contribution is 6.03. The van der Waals surface area contributed by atoms with Gasteiger partial charge >= 0.3 is 11.8 Å². The Bertz CT molecular complexity index is 1410. The molecule has 38 heavy (non-hydrogen) atoms. The standard InChI is InChI=1S/C22H18N6O10/c29-19-15(21(31)25-23-11-1-3-13-5-9-17(37-13)27(33)34)7-8-16(20(19)30)22(32)26-24-12-2-4-14-6-10-18(38-14)28(35)36/h1-5,7-12,14,29-30H,6H2,(H,25,31)(H,26,32)/b3-1+,4-2+,23-11+,24-12+. The Morgan fingerprint density at radius 1 is 0.947 bits per heavy atom. The zero-order chi connectivity index (χ0) is 27.7. The summed E-state index contributed by atoms with van der Waals surface area (Å²) in [7, 11) is 0. The molecule has 0 bridgehead atoms. The Morgan fingerprint density at radius 2 is 1.55 bits per heavy atom. The second-order valence-electron chi connectivity index (χ2n) is 7.16. The maximum atomic E-state index is 12.2. The Hall–Kier alpha value is -5.80. The minimum Gasteiger partial charge on any atom is -0.504 e. The van der Waals surface area contributed by atoms with Crippen LogP contribution in [0.15, 0.2) is 69.1 Å². The van der Waals surface area contributed by atoms with E-state index in [0.29, 0.717) is 6.42 Å². The number of carbonyl (C=O) groups excluding carboxylic acids is 2. The van der Waals surface area contributed by atoms with Crippen LogP contribution in [-0.4, -0.2) is 50.4 Å². The van der Waals surface area contributed by atoms with Crippen LogP contribution in [-0.2, 0) is 4.74 Å². The first-order chi connectivity index (χ1) is 18.2. The van der Waals surface area contributed by atoms with Crippen molar-refractivity contribution in [2.45, 2.75) is 12.5 Å². The van der Waals surface area contributed by atoms with Crippen molar-refractivity contribution in [3.8, 4) is 11.5 Å². The van der Waals surface area contributed by atoms with Gasteiger partial charge in [0.05, 0.1) is 17.2 Å². The number of phenols is 2. The molecule has 16 heteroatoms. The van der Waals surface area contributed by atoms with Crippen LogP contribution in [0.3, 0.4) is 0 Å². The highest BCUT2D eigenvalue weighted by atomic mass is 16.7. The third-order valence-corrected chi connectivity index (χ3v) is 4.65. The Morgan fingerprint density at radius 3 is 2.08 bits per heavy atom. The molecule has 1 aliphatic heterocycles. The van der Waals surface area contributed by atoms with Crippen LogP contribution in [0.2, 0.25) is 0 Å². The smallest absolute Gasteiger partial charge is 0.433 e. The number of hydrazone groups is 2. The molecular weight excluding hydrogens is 508 g/mol. The van der Waals surface area contributed by atoms with Gasteiger partial charge < -0.3 is 19.4 Å². The van der Waals surface area contributed by atoms with Gasteiger partial charge in [-0.1, -0.05) is 0 Å². The molecule has 1 unspecified atom stereocenters. The second kappa shape index (κ2) is 12.2. The molecule has 0 aliphatic carbocycles. The fourth-order valence-corrected chi connectivity index (χ4v) is 2.89. The number of hydrogen-bond donors (Lipinski definition) is 4. The van der Waals surface area contributed by atoms with Crippen molar-refractivity contribution in [2.75, 3.05) is 0 Å². The molecule has 196 valence electrons. The molecule has 0 saturated carbocycles. The number of amides is 2. The highest BCUT2D eigenvalue weighted by Crippen LogP contribution is 2.32. The summed E-state index contributed by atoms with van der Waals surface area (Å²) < 4.78 is 9.94. The van der Waals surface area contributed by atoms with E-state index in [1.807, 2.05) is 0 Å². The van der Waals surface area contributed by atoms with Gasteiger partial charge in [-0.05, 0) is 42.5 Å². The number of benzene rings is 1. The molecule has 0 saturated heterocycles. The van der Waals surface area contributed by atoms with Gasteiger partial charge in [-0.3, -0.25) is 29.8 Å². The quantitative estimate of drug-likeness (QED) is 0.152. The molecule has 2 aromatic rings. The summed E-state index contributed by atoms with van der Waals surface area (Å²) >= 11 is 0. The predicted octanol–water partition coefficient (Wildman–Crippen LogP) is 2.21. The van der Waals surface area contributed by atoms with Crippen LogP contribution >= 0.6 is 0 Å². The normalized spacial score (nSPS) is 15.3. The largest absolute Gasteiger partial charge is 0.504 e. The molecule has 1 aromatic heterocycles. The number of nitrogens with one attached hydrogen (secondary N) is 2. The Labute approximate surface area is 212 Å². The SMILES string of the molecule is O=C(N/N=C/C=C/c1ccc([N+](=O)[O-])o1)c1ccc(C(=O)N/N=C/C=C/C2CC=C([N+](=O)[O-])O2)c(O)c1O. The van der Waals surface area contributed by atoms with E-state index in [1.165, 1.54) is 48.7 Å². The van der Waals surface area contributed by atoms with E-state index in [4.69, 9.17) is 9.15 Å². The Balaban J connectivity index is 1.51. The lowest BCUT2D eigenvalue weighted by molar-refractivity contribution is -0.462. The van der Waals surface area contributed by atoms with Gasteiger partial charge in [-0.15, -0.1) is 0 Å². The van der Waals surface area contributed by atoms with E-state index < -0.39 is 45.1 Å². The van der Waals surface area contributed by atoms with E-state index in [1.54, 1.807) is 0 Å². The summed E-state index contributed by atoms with van der Waals surface area (Å²) in [5.41, 5.74) is 3.44. The molecule has 16 nitrogen and oxygen atoms in total. The zero-order valence-corrected chi connectivity index (χ0v) is 19.1. The van der Waals surface area contributed by atoms with Gasteiger partial charge in [-0.2, -0.15) is 10.2 Å². The number of nitro groups is 2. The van der Waals surface area contributed by atoms with Crippen LogP contribution in [0.4, 0.5) is 5.88 Å². The number of ether oxygens (including phenoxy) is 1. The lowest BCUT2D eigenvalue weighted by Gasteiger charge is -2.08. The summed E-state index contributed by atoms with van der Waals surface area (Å²) in [5, 5.41) is 48.7. The first-order valence-corrected chi connectivity index (χ1v) is 10.5. The van der Waals surface area contributed by atoms with Crippen LogP contribution in [0.1, 0.15) is 32.9 Å². The van der Waals surface area contributed by atoms with E-state index in [9.17, 15) is 40.0 Å². The van der Waals surface area contributed by atoms with Gasteiger partial charge in [-0.25, -0.2) is 10.9 Å². The van der Waals surface area contributed by atoms with E-state index in [2.05, 4.69) is 21.1 Å². The maximum absolute atomic E-state index is 12.2. The van der Waals surface area contributed by atoms with Crippen LogP contribution < -0.4 is 10.9 Å². The van der Waals surface area contributed by atoms with Crippen molar-refractivity contribution >= 4 is 36.2 Å². The molecule has 1 aliphatic rings. The number of phenolic OH excluding ortho intramolecular Hbond substituents is 2. The molecule has 3 rings (SSSR count). The molecule has 0 spiro atoms. The van der Waals surface area contributed by atoms with Gasteiger partial charge in [0.25, 0.3) is 11.8 Å². The summed E-state index contributed by atoms with van der Waals surface area (Å²) in [6, 6.07) is 4.69. The first-order valence-electron chi connectivity index (χ1n) is 10.5. The third kappa shape index (κ3) is 6.87. The lowest BCUT2D eigenvalue weighted by atomic mass is 10.1. The summed E-state index contributed by atoms with van der Waals surface area (Å²) in [5.74, 6) is -4.16. The number of furan rings is 1. The lowest BCUT2D eigenvalue weighted by Crippen LogP contribution is -2.20. The van der Waals surface area contributed by atoms with Gasteiger partial charge in [0.15, 0.2) is 11.5 Å². The zero-order valence-electron chi connectivity index (χ0n) is 19.1. The van der Waals surface area contributed by atoms with Crippen LogP contribution in [0.5, 0.6) is 11.5 Å². The van der Waals surface area contributed by atoms with E-state index >= 15 is 0 Å². The highest BCUT2D eigenvalue weighted by Gasteiger charge is 2.24. The molecule has 1 aromatic carbocycles. The van der Waals surface area contributed by atoms with Crippen molar-refractivity contribution in [1.29, 1.82) is 0 Å². The number of rotatable bonds is 10. The van der Waals surface area contributed by atoms with E-state index in [-0.39, 0.29) is 22.8 Å². The molecule has 2 heterocycles. The summed E-state index contributed by atoms with van der Waals surface area (Å²) in [4.78, 5) is 44.3. The molecule has 2 amide bonds. The van der Waals surface area contributed by atoms with Gasteiger partial charge in [0.2, 0.25) is 0 Å². The van der Waals surface area contributed by atoms with Crippen molar-refractivity contribution < 1.29 is 38.8 Å². The molecule has 4 N–H and O–H groups in total. The van der Waals surface area contributed by atoms with Gasteiger partial charge in [0, 0.05) is 24.9 Å². The predicted molar refractivity (Wildman–Crippen MR) is 130 cm³/mol. The summed E-state index contributed by atoms with van der Waals surface area (Å²) in [6.45, 7) is 0. The molecule has 0 radical (unpaired) electrons. The van der Waals surface area contributed by atoms with E-state index in [0.717, 1.165) is 18.3 Å². The number of allylic oxidation sites excluding steroid dienone is 2. The maximum Gasteiger partial charge on any atom is 0.433 e. The average Bonchev–Trinajstić information content (AvgIpc) is 3.55. The third-order valence-electron chi connectivity index (χ3n) is 4.65. The Kier molecular flexibility index (Phi) is 8.64. The topological polar surface area (TPSA) is 232 Å². The minimum atomic E-state index is -0.907. The van der Waals surface area contributed by atoms with Crippen LogP contribution in [0.25, 0.3) is 6.08 Å². The van der Waals surface area contributed by atoms with Crippen molar-refractivity contribution in [3.05, 3.63) is 91.6 Å². The molecule has 1 atom stereocenters. The number of nitrogens with zero attached hydrogens (tertiary/aromatic N) is 4. The van der Waals surface area contributed by atoms with Crippen molar-refractivity contribution in [1.82, 2.24) is 10.9 Å². The first kappa shape index (κ1) is 26.8. The fraction of sp³-hybridized carbons (Fsp3) is 0.0909. The number of carbonyl (C=O) groups is 2. The number of aromatic hydroxyl groups is 2. The molecular formula is C22H18N6O10.